The highest BCUT2D eigenvalue weighted by molar-refractivity contribution is 7.16. The third kappa shape index (κ3) is 6.11. The number of nitrogens with zero attached hydrogens (tertiary/aromatic N) is 1. The second-order valence-electron chi connectivity index (χ2n) is 10.1. The summed E-state index contributed by atoms with van der Waals surface area (Å²) in [5.41, 5.74) is 4.86. The second-order valence-corrected chi connectivity index (χ2v) is 11.2. The largest absolute Gasteiger partial charge is 0.378 e. The van der Waals surface area contributed by atoms with Gasteiger partial charge in [-0.25, -0.2) is 0 Å². The molecule has 3 heterocycles. The molecule has 0 saturated carbocycles. The molecule has 1 saturated heterocycles. The summed E-state index contributed by atoms with van der Waals surface area (Å²) >= 11 is 1.12. The number of ether oxygens (including phenoxy) is 1. The maximum Gasteiger partial charge on any atom is 0.265 e. The lowest BCUT2D eigenvalue weighted by Crippen LogP contribution is -2.36. The molecule has 2 aliphatic heterocycles. The molecule has 3 N–H and O–H groups in total. The summed E-state index contributed by atoms with van der Waals surface area (Å²) in [6.07, 6.45) is 1.65. The Morgan fingerprint density at radius 2 is 1.63 bits per heavy atom. The molecule has 6 rings (SSSR count). The highest BCUT2D eigenvalue weighted by Crippen LogP contribution is 2.33. The first kappa shape index (κ1) is 28.1. The molecular weight excluding hydrogens is 564 g/mol. The number of carbonyl (C=O) groups is 4. The van der Waals surface area contributed by atoms with Gasteiger partial charge >= 0.3 is 0 Å². The number of Topliss-reactive ketones (excluding diaryl/α,β-unsaturated/α-hetero) is 1. The van der Waals surface area contributed by atoms with Crippen LogP contribution in [-0.2, 0) is 9.53 Å². The van der Waals surface area contributed by atoms with Crippen molar-refractivity contribution in [2.45, 2.75) is 6.92 Å². The molecule has 2 aliphatic rings. The van der Waals surface area contributed by atoms with Crippen LogP contribution < -0.4 is 20.9 Å². The lowest BCUT2D eigenvalue weighted by Gasteiger charge is -2.28. The van der Waals surface area contributed by atoms with Crippen molar-refractivity contribution in [3.63, 3.8) is 0 Å². The van der Waals surface area contributed by atoms with Gasteiger partial charge in [0.2, 0.25) is 0 Å². The summed E-state index contributed by atoms with van der Waals surface area (Å²) in [4.78, 5) is 53.7. The molecule has 1 fully saturated rings. The number of amides is 2. The first-order valence-electron chi connectivity index (χ1n) is 13.8. The number of nitrogens with one attached hydrogen (secondary N) is 3. The van der Waals surface area contributed by atoms with E-state index in [0.29, 0.717) is 56.6 Å². The van der Waals surface area contributed by atoms with Gasteiger partial charge in [0.15, 0.2) is 11.6 Å². The quantitative estimate of drug-likeness (QED) is 0.178. The maximum absolute atomic E-state index is 13.5. The monoisotopic (exact) mass is 592 g/mol. The van der Waals surface area contributed by atoms with Gasteiger partial charge in [-0.3, -0.25) is 19.2 Å². The molecule has 216 valence electrons. The van der Waals surface area contributed by atoms with E-state index in [-0.39, 0.29) is 23.4 Å². The Kier molecular flexibility index (Phi) is 7.86. The van der Waals surface area contributed by atoms with E-state index in [0.717, 1.165) is 35.8 Å². The molecule has 2 amide bonds. The van der Waals surface area contributed by atoms with Crippen LogP contribution in [0.1, 0.15) is 47.8 Å². The van der Waals surface area contributed by atoms with Gasteiger partial charge in [0.25, 0.3) is 11.8 Å². The van der Waals surface area contributed by atoms with Crippen molar-refractivity contribution in [2.24, 2.45) is 0 Å². The van der Waals surface area contributed by atoms with Crippen LogP contribution in [0, 0.1) is 0 Å². The summed E-state index contributed by atoms with van der Waals surface area (Å²) in [5, 5.41) is 8.85. The zero-order chi connectivity index (χ0) is 29.9. The molecule has 3 aromatic carbocycles. The normalized spacial score (nSPS) is 15.1. The molecule has 0 unspecified atom stereocenters. The molecule has 0 atom stereocenters. The van der Waals surface area contributed by atoms with Crippen molar-refractivity contribution in [1.82, 2.24) is 0 Å². The van der Waals surface area contributed by atoms with Crippen molar-refractivity contribution in [2.75, 3.05) is 47.2 Å². The number of benzene rings is 3. The van der Waals surface area contributed by atoms with Crippen LogP contribution in [0.25, 0.3) is 5.57 Å². The molecular formula is C33H28N4O5S. The summed E-state index contributed by atoms with van der Waals surface area (Å²) < 4.78 is 5.42. The van der Waals surface area contributed by atoms with Gasteiger partial charge in [-0.1, -0.05) is 12.1 Å². The minimum Gasteiger partial charge on any atom is -0.378 e. The number of rotatable bonds is 8. The standard InChI is InChI=1S/C33H28N4O5S/c1-20(38)29-11-12-30(43-29)33(41)35-24-4-2-3-21(17-24)31(39)22-5-10-28-26(18-22)27(32(40)36-28)19-34-23-6-8-25(9-7-23)37-13-15-42-16-14-37/h2-12,17-19,34H,13-16H2,1H3,(H,35,41)(H,36,40). The molecule has 0 aliphatic carbocycles. The number of hydrogen-bond donors (Lipinski definition) is 3. The molecule has 0 bridgehead atoms. The first-order valence-corrected chi connectivity index (χ1v) is 14.6. The fourth-order valence-corrected chi connectivity index (χ4v) is 5.76. The van der Waals surface area contributed by atoms with Crippen LogP contribution >= 0.6 is 11.3 Å². The third-order valence-corrected chi connectivity index (χ3v) is 8.44. The molecule has 1 aromatic heterocycles. The van der Waals surface area contributed by atoms with Crippen LogP contribution in [0.2, 0.25) is 0 Å². The molecule has 43 heavy (non-hydrogen) atoms. The Hall–Kier alpha value is -5.06. The minimum absolute atomic E-state index is 0.102. The number of morpholine rings is 1. The van der Waals surface area contributed by atoms with Gasteiger partial charge in [-0.15, -0.1) is 11.3 Å². The van der Waals surface area contributed by atoms with Gasteiger partial charge in [0.05, 0.1) is 28.5 Å². The number of ketones is 2. The number of thiophene rings is 1. The summed E-state index contributed by atoms with van der Waals surface area (Å²) in [6.45, 7) is 4.59. The van der Waals surface area contributed by atoms with Crippen LogP contribution in [-0.4, -0.2) is 49.7 Å². The van der Waals surface area contributed by atoms with E-state index in [2.05, 4.69) is 20.9 Å². The van der Waals surface area contributed by atoms with E-state index in [1.165, 1.54) is 6.92 Å². The van der Waals surface area contributed by atoms with Crippen molar-refractivity contribution in [1.29, 1.82) is 0 Å². The highest BCUT2D eigenvalue weighted by atomic mass is 32.1. The van der Waals surface area contributed by atoms with Crippen LogP contribution in [0.3, 0.4) is 0 Å². The van der Waals surface area contributed by atoms with Gasteiger partial charge in [-0.05, 0) is 73.7 Å². The van der Waals surface area contributed by atoms with Crippen molar-refractivity contribution >= 4 is 63.0 Å². The van der Waals surface area contributed by atoms with E-state index in [1.807, 2.05) is 24.3 Å². The van der Waals surface area contributed by atoms with Crippen molar-refractivity contribution in [3.8, 4) is 0 Å². The van der Waals surface area contributed by atoms with E-state index in [1.54, 1.807) is 60.8 Å². The van der Waals surface area contributed by atoms with Crippen LogP contribution in [0.5, 0.6) is 0 Å². The molecule has 0 radical (unpaired) electrons. The number of hydrogen-bond acceptors (Lipinski definition) is 8. The van der Waals surface area contributed by atoms with Gasteiger partial charge in [-0.2, -0.15) is 0 Å². The van der Waals surface area contributed by atoms with Gasteiger partial charge < -0.3 is 25.6 Å². The zero-order valence-corrected chi connectivity index (χ0v) is 24.1. The summed E-state index contributed by atoms with van der Waals surface area (Å²) in [5.74, 6) is -0.973. The fourth-order valence-electron chi connectivity index (χ4n) is 4.96. The Bertz CT molecular complexity index is 1770. The average Bonchev–Trinajstić information content (AvgIpc) is 3.65. The first-order chi connectivity index (χ1) is 20.9. The molecule has 9 nitrogen and oxygen atoms in total. The van der Waals surface area contributed by atoms with Crippen LogP contribution in [0.15, 0.2) is 85.1 Å². The number of fused-ring (bicyclic) bond motifs is 1. The average molecular weight is 593 g/mol. The summed E-state index contributed by atoms with van der Waals surface area (Å²) in [7, 11) is 0. The fraction of sp³-hybridized carbons (Fsp3) is 0.152. The van der Waals surface area contributed by atoms with Crippen molar-refractivity contribution < 1.29 is 23.9 Å². The number of carbonyl (C=O) groups excluding carboxylic acids is 4. The maximum atomic E-state index is 13.5. The zero-order valence-electron chi connectivity index (χ0n) is 23.3. The molecule has 0 spiro atoms. The smallest absolute Gasteiger partial charge is 0.265 e. The minimum atomic E-state index is -0.359. The Morgan fingerprint density at radius 3 is 2.37 bits per heavy atom. The Balaban J connectivity index is 1.17. The van der Waals surface area contributed by atoms with E-state index in [4.69, 9.17) is 4.74 Å². The van der Waals surface area contributed by atoms with E-state index < -0.39 is 0 Å². The lowest BCUT2D eigenvalue weighted by atomic mass is 9.98. The SMILES string of the molecule is CC(=O)c1ccc(C(=O)Nc2cccc(C(=O)c3ccc4c(c3)C(=CNc3ccc(N5CCOCC5)cc3)C(=O)N4)c2)s1. The topological polar surface area (TPSA) is 117 Å². The van der Waals surface area contributed by atoms with Gasteiger partial charge in [0, 0.05) is 58.7 Å². The van der Waals surface area contributed by atoms with E-state index >= 15 is 0 Å². The van der Waals surface area contributed by atoms with Crippen molar-refractivity contribution in [3.05, 3.63) is 112 Å². The molecule has 4 aromatic rings. The molecule has 10 heteroatoms. The van der Waals surface area contributed by atoms with Crippen LogP contribution in [0.4, 0.5) is 22.7 Å². The predicted octanol–water partition coefficient (Wildman–Crippen LogP) is 5.68. The van der Waals surface area contributed by atoms with E-state index in [9.17, 15) is 19.2 Å². The Morgan fingerprint density at radius 1 is 0.884 bits per heavy atom. The van der Waals surface area contributed by atoms with Gasteiger partial charge in [0.1, 0.15) is 0 Å². The Labute approximate surface area is 252 Å². The number of anilines is 4. The second kappa shape index (κ2) is 12.0. The highest BCUT2D eigenvalue weighted by Gasteiger charge is 2.26. The predicted molar refractivity (Wildman–Crippen MR) is 168 cm³/mol. The third-order valence-electron chi connectivity index (χ3n) is 7.25. The summed E-state index contributed by atoms with van der Waals surface area (Å²) in [6, 6.07) is 23.0. The lowest BCUT2D eigenvalue weighted by molar-refractivity contribution is -0.110.